The molecule has 7 N–H and O–H groups in total. The van der Waals surface area contributed by atoms with Crippen molar-refractivity contribution in [3.63, 3.8) is 0 Å². The van der Waals surface area contributed by atoms with Gasteiger partial charge in [-0.3, -0.25) is 9.59 Å². The summed E-state index contributed by atoms with van der Waals surface area (Å²) in [5.41, 5.74) is 6.01. The van der Waals surface area contributed by atoms with E-state index in [-0.39, 0.29) is 6.42 Å². The maximum Gasteiger partial charge on any atom is 0.326 e. The van der Waals surface area contributed by atoms with Crippen LogP contribution >= 0.6 is 0 Å². The Hall–Kier alpha value is -2.49. The molecule has 132 valence electrons. The van der Waals surface area contributed by atoms with Crippen molar-refractivity contribution in [2.75, 3.05) is 13.2 Å². The zero-order valence-electron chi connectivity index (χ0n) is 12.9. The van der Waals surface area contributed by atoms with E-state index in [1.807, 2.05) is 0 Å². The van der Waals surface area contributed by atoms with Gasteiger partial charge in [-0.1, -0.05) is 30.3 Å². The zero-order valence-corrected chi connectivity index (χ0v) is 12.9. The molecule has 0 bridgehead atoms. The first kappa shape index (κ1) is 19.6. The van der Waals surface area contributed by atoms with E-state index in [0.29, 0.717) is 5.56 Å². The zero-order chi connectivity index (χ0) is 18.1. The van der Waals surface area contributed by atoms with Crippen molar-refractivity contribution in [2.24, 2.45) is 5.73 Å². The van der Waals surface area contributed by atoms with Crippen LogP contribution in [-0.2, 0) is 20.8 Å². The predicted octanol–water partition coefficient (Wildman–Crippen LogP) is -2.40. The molecule has 0 spiro atoms. The number of hydrogen-bond donors (Lipinski definition) is 6. The molecule has 2 amide bonds. The number of nitrogens with one attached hydrogen (secondary N) is 2. The topological polar surface area (TPSA) is 162 Å². The molecule has 0 aliphatic carbocycles. The minimum Gasteiger partial charge on any atom is -0.480 e. The summed E-state index contributed by atoms with van der Waals surface area (Å²) >= 11 is 0. The third kappa shape index (κ3) is 5.95. The smallest absolute Gasteiger partial charge is 0.326 e. The predicted molar refractivity (Wildman–Crippen MR) is 83.8 cm³/mol. The molecule has 24 heavy (non-hydrogen) atoms. The summed E-state index contributed by atoms with van der Waals surface area (Å²) in [4.78, 5) is 34.9. The Balaban J connectivity index is 2.72. The molecule has 0 aliphatic rings. The van der Waals surface area contributed by atoms with Gasteiger partial charge in [0.25, 0.3) is 0 Å². The summed E-state index contributed by atoms with van der Waals surface area (Å²) in [6, 6.07) is 4.85. The van der Waals surface area contributed by atoms with Gasteiger partial charge < -0.3 is 31.7 Å². The Morgan fingerprint density at radius 1 is 0.958 bits per heavy atom. The van der Waals surface area contributed by atoms with Crippen molar-refractivity contribution >= 4 is 17.8 Å². The summed E-state index contributed by atoms with van der Waals surface area (Å²) in [6.45, 7) is -1.37. The lowest BCUT2D eigenvalue weighted by molar-refractivity contribution is -0.142. The molecule has 3 atom stereocenters. The number of aliphatic hydroxyl groups excluding tert-OH is 2. The first-order chi connectivity index (χ1) is 11.4. The fourth-order valence-electron chi connectivity index (χ4n) is 1.88. The number of aliphatic hydroxyl groups is 2. The van der Waals surface area contributed by atoms with E-state index in [9.17, 15) is 24.6 Å². The van der Waals surface area contributed by atoms with E-state index in [4.69, 9.17) is 10.8 Å². The maximum absolute atomic E-state index is 12.1. The molecule has 0 unspecified atom stereocenters. The van der Waals surface area contributed by atoms with Crippen LogP contribution in [0.4, 0.5) is 0 Å². The van der Waals surface area contributed by atoms with Gasteiger partial charge in [0, 0.05) is 6.42 Å². The number of carboxylic acids is 1. The van der Waals surface area contributed by atoms with E-state index >= 15 is 0 Å². The summed E-state index contributed by atoms with van der Waals surface area (Å²) in [6.07, 6.45) is 0.0458. The monoisotopic (exact) mass is 339 g/mol. The Kier molecular flexibility index (Phi) is 7.83. The molecule has 0 saturated carbocycles. The number of carbonyl (C=O) groups is 3. The first-order valence-electron chi connectivity index (χ1n) is 7.23. The highest BCUT2D eigenvalue weighted by atomic mass is 16.4. The van der Waals surface area contributed by atoms with Crippen molar-refractivity contribution in [3.05, 3.63) is 35.9 Å². The van der Waals surface area contributed by atoms with Crippen molar-refractivity contribution in [1.29, 1.82) is 0 Å². The lowest BCUT2D eigenvalue weighted by Crippen LogP contribution is -2.56. The summed E-state index contributed by atoms with van der Waals surface area (Å²) in [7, 11) is 0. The molecule has 9 nitrogen and oxygen atoms in total. The van der Waals surface area contributed by atoms with E-state index in [0.717, 1.165) is 0 Å². The molecule has 1 rings (SSSR count). The van der Waals surface area contributed by atoms with Crippen LogP contribution in [0.25, 0.3) is 0 Å². The fraction of sp³-hybridized carbons (Fsp3) is 0.400. The summed E-state index contributed by atoms with van der Waals surface area (Å²) in [5, 5.41) is 31.6. The largest absolute Gasteiger partial charge is 0.480 e. The fourth-order valence-corrected chi connectivity index (χ4v) is 1.88. The second-order valence-electron chi connectivity index (χ2n) is 5.12. The average molecular weight is 339 g/mol. The molecule has 1 aromatic carbocycles. The molecule has 0 saturated heterocycles. The number of nitrogens with two attached hydrogens (primary N) is 1. The number of carbonyl (C=O) groups excluding carboxylic acids is 2. The molecule has 0 aliphatic heterocycles. The highest BCUT2D eigenvalue weighted by molar-refractivity contribution is 5.91. The number of aliphatic carboxylic acids is 1. The lowest BCUT2D eigenvalue weighted by atomic mass is 10.1. The molecular formula is C15H21N3O6. The lowest BCUT2D eigenvalue weighted by Gasteiger charge is -2.21. The van der Waals surface area contributed by atoms with Crippen LogP contribution in [-0.4, -0.2) is 64.4 Å². The SMILES string of the molecule is N[C@H](CO)C(=O)N[C@H](CO)C(=O)N[C@@H](Cc1ccccc1)C(=O)O. The van der Waals surface area contributed by atoms with E-state index in [1.54, 1.807) is 30.3 Å². The molecular weight excluding hydrogens is 318 g/mol. The quantitative estimate of drug-likeness (QED) is 0.292. The highest BCUT2D eigenvalue weighted by Crippen LogP contribution is 2.04. The van der Waals surface area contributed by atoms with Gasteiger partial charge in [-0.05, 0) is 5.56 Å². The van der Waals surface area contributed by atoms with Crippen molar-refractivity contribution in [1.82, 2.24) is 10.6 Å². The first-order valence-corrected chi connectivity index (χ1v) is 7.23. The standard InChI is InChI=1S/C15H21N3O6/c16-10(7-19)13(21)18-12(8-20)14(22)17-11(15(23)24)6-9-4-2-1-3-5-9/h1-5,10-12,19-20H,6-8,16H2,(H,17,22)(H,18,21)(H,23,24)/t10-,11+,12-/m1/s1. The number of hydrogen-bond acceptors (Lipinski definition) is 6. The normalized spacial score (nSPS) is 14.3. The molecule has 1 aromatic rings. The second kappa shape index (κ2) is 9.60. The average Bonchev–Trinajstić information content (AvgIpc) is 2.58. The minimum absolute atomic E-state index is 0.0458. The molecule has 9 heteroatoms. The van der Waals surface area contributed by atoms with Crippen LogP contribution in [0, 0.1) is 0 Å². The maximum atomic E-state index is 12.1. The minimum atomic E-state index is -1.37. The van der Waals surface area contributed by atoms with Gasteiger partial charge in [-0.15, -0.1) is 0 Å². The molecule has 0 fully saturated rings. The van der Waals surface area contributed by atoms with E-state index < -0.39 is 49.1 Å². The van der Waals surface area contributed by atoms with E-state index in [1.165, 1.54) is 0 Å². The van der Waals surface area contributed by atoms with Crippen molar-refractivity contribution in [3.8, 4) is 0 Å². The van der Waals surface area contributed by atoms with Crippen LogP contribution in [0.1, 0.15) is 5.56 Å². The van der Waals surface area contributed by atoms with Crippen LogP contribution in [0.15, 0.2) is 30.3 Å². The highest BCUT2D eigenvalue weighted by Gasteiger charge is 2.27. The van der Waals surface area contributed by atoms with Gasteiger partial charge in [0.2, 0.25) is 11.8 Å². The number of benzene rings is 1. The number of rotatable bonds is 9. The third-order valence-electron chi connectivity index (χ3n) is 3.25. The second-order valence-corrected chi connectivity index (χ2v) is 5.12. The van der Waals surface area contributed by atoms with E-state index in [2.05, 4.69) is 10.6 Å². The van der Waals surface area contributed by atoms with Gasteiger partial charge in [-0.2, -0.15) is 0 Å². The Bertz CT molecular complexity index is 566. The van der Waals surface area contributed by atoms with Crippen LogP contribution in [0.2, 0.25) is 0 Å². The number of amides is 2. The molecule has 0 aromatic heterocycles. The van der Waals surface area contributed by atoms with Gasteiger partial charge in [0.1, 0.15) is 18.1 Å². The van der Waals surface area contributed by atoms with Crippen LogP contribution in [0.3, 0.4) is 0 Å². The van der Waals surface area contributed by atoms with Gasteiger partial charge in [-0.25, -0.2) is 4.79 Å². The Morgan fingerprint density at radius 3 is 2.04 bits per heavy atom. The summed E-state index contributed by atoms with van der Waals surface area (Å²) < 4.78 is 0. The molecule has 0 radical (unpaired) electrons. The van der Waals surface area contributed by atoms with Gasteiger partial charge in [0.05, 0.1) is 13.2 Å². The van der Waals surface area contributed by atoms with Crippen molar-refractivity contribution in [2.45, 2.75) is 24.5 Å². The number of carboxylic acid groups (broad SMARTS) is 1. The van der Waals surface area contributed by atoms with Crippen LogP contribution < -0.4 is 16.4 Å². The van der Waals surface area contributed by atoms with Gasteiger partial charge >= 0.3 is 5.97 Å². The molecule has 0 heterocycles. The van der Waals surface area contributed by atoms with Crippen molar-refractivity contribution < 1.29 is 29.7 Å². The summed E-state index contributed by atoms with van der Waals surface area (Å²) in [5.74, 6) is -2.94. The van der Waals surface area contributed by atoms with Gasteiger partial charge in [0.15, 0.2) is 0 Å². The Morgan fingerprint density at radius 2 is 1.54 bits per heavy atom. The third-order valence-corrected chi connectivity index (χ3v) is 3.25. The van der Waals surface area contributed by atoms with Crippen LogP contribution in [0.5, 0.6) is 0 Å². The Labute approximate surface area is 138 Å².